The van der Waals surface area contributed by atoms with Crippen LogP contribution in [-0.2, 0) is 5.41 Å². The van der Waals surface area contributed by atoms with Crippen molar-refractivity contribution < 1.29 is 14.6 Å². The van der Waals surface area contributed by atoms with Crippen LogP contribution in [0.5, 0.6) is 5.75 Å². The third-order valence-electron chi connectivity index (χ3n) is 2.76. The highest BCUT2D eigenvalue weighted by molar-refractivity contribution is 5.66. The first-order valence-corrected chi connectivity index (χ1v) is 5.62. The van der Waals surface area contributed by atoms with Crippen LogP contribution in [0.15, 0.2) is 6.07 Å². The van der Waals surface area contributed by atoms with Crippen molar-refractivity contribution >= 4 is 11.4 Å². The zero-order valence-corrected chi connectivity index (χ0v) is 11.5. The standard InChI is InChI=1S/C12H16N2O5/c1-7-6-8(13(15)16)9(12(2,3)4)11(19-5)10(7)14(17)18/h6H,1-5H3. The Hall–Kier alpha value is -2.18. The molecule has 0 fully saturated rings. The molecular weight excluding hydrogens is 252 g/mol. The highest BCUT2D eigenvalue weighted by Gasteiger charge is 2.36. The first kappa shape index (κ1) is 14.9. The number of ether oxygens (including phenoxy) is 1. The van der Waals surface area contributed by atoms with Gasteiger partial charge in [-0.2, -0.15) is 0 Å². The Labute approximate surface area is 110 Å². The van der Waals surface area contributed by atoms with E-state index in [0.717, 1.165) is 0 Å². The topological polar surface area (TPSA) is 95.5 Å². The molecule has 0 radical (unpaired) electrons. The summed E-state index contributed by atoms with van der Waals surface area (Å²) in [6.07, 6.45) is 0. The van der Waals surface area contributed by atoms with E-state index in [1.54, 1.807) is 20.8 Å². The van der Waals surface area contributed by atoms with Gasteiger partial charge in [-0.25, -0.2) is 0 Å². The molecule has 0 N–H and O–H groups in total. The van der Waals surface area contributed by atoms with Crippen LogP contribution in [-0.4, -0.2) is 17.0 Å². The number of aryl methyl sites for hydroxylation is 1. The summed E-state index contributed by atoms with van der Waals surface area (Å²) in [7, 11) is 1.28. The molecule has 0 saturated carbocycles. The quantitative estimate of drug-likeness (QED) is 0.619. The lowest BCUT2D eigenvalue weighted by Crippen LogP contribution is -2.17. The van der Waals surface area contributed by atoms with Crippen molar-refractivity contribution in [1.29, 1.82) is 0 Å². The lowest BCUT2D eigenvalue weighted by molar-refractivity contribution is -0.391. The SMILES string of the molecule is COc1c([N+](=O)[O-])c(C)cc([N+](=O)[O-])c1C(C)(C)C. The van der Waals surface area contributed by atoms with Gasteiger partial charge in [-0.15, -0.1) is 0 Å². The lowest BCUT2D eigenvalue weighted by Gasteiger charge is -2.22. The maximum absolute atomic E-state index is 11.2. The Bertz CT molecular complexity index is 546. The van der Waals surface area contributed by atoms with Gasteiger partial charge in [-0.1, -0.05) is 20.8 Å². The van der Waals surface area contributed by atoms with E-state index in [-0.39, 0.29) is 28.3 Å². The van der Waals surface area contributed by atoms with Crippen LogP contribution in [0.1, 0.15) is 31.9 Å². The summed E-state index contributed by atoms with van der Waals surface area (Å²) in [5.74, 6) is -0.0378. The average molecular weight is 268 g/mol. The Morgan fingerprint density at radius 2 is 1.68 bits per heavy atom. The van der Waals surface area contributed by atoms with E-state index in [2.05, 4.69) is 0 Å². The molecular formula is C12H16N2O5. The third-order valence-corrected chi connectivity index (χ3v) is 2.76. The van der Waals surface area contributed by atoms with Gasteiger partial charge in [-0.3, -0.25) is 20.2 Å². The minimum absolute atomic E-state index is 0.0378. The summed E-state index contributed by atoms with van der Waals surface area (Å²) in [5.41, 5.74) is -0.587. The van der Waals surface area contributed by atoms with Gasteiger partial charge in [0.2, 0.25) is 5.75 Å². The lowest BCUT2D eigenvalue weighted by atomic mass is 9.83. The molecule has 104 valence electrons. The van der Waals surface area contributed by atoms with E-state index < -0.39 is 15.3 Å². The number of methoxy groups -OCH3 is 1. The molecule has 1 aromatic carbocycles. The number of nitro groups is 2. The second-order valence-electron chi connectivity index (χ2n) is 5.23. The molecule has 19 heavy (non-hydrogen) atoms. The van der Waals surface area contributed by atoms with E-state index in [9.17, 15) is 20.2 Å². The monoisotopic (exact) mass is 268 g/mol. The third kappa shape index (κ3) is 2.64. The normalized spacial score (nSPS) is 11.2. The van der Waals surface area contributed by atoms with Crippen LogP contribution in [0.4, 0.5) is 11.4 Å². The molecule has 0 aliphatic rings. The largest absolute Gasteiger partial charge is 0.490 e. The Morgan fingerprint density at radius 3 is 2.00 bits per heavy atom. The fourth-order valence-electron chi connectivity index (χ4n) is 2.05. The molecule has 0 aliphatic carbocycles. The van der Waals surface area contributed by atoms with Crippen molar-refractivity contribution in [3.63, 3.8) is 0 Å². The molecule has 7 nitrogen and oxygen atoms in total. The molecule has 1 aromatic rings. The van der Waals surface area contributed by atoms with Crippen molar-refractivity contribution in [2.24, 2.45) is 0 Å². The molecule has 0 heterocycles. The molecule has 1 rings (SSSR count). The first-order chi connectivity index (χ1) is 8.61. The fraction of sp³-hybridized carbons (Fsp3) is 0.500. The van der Waals surface area contributed by atoms with E-state index in [4.69, 9.17) is 4.74 Å². The van der Waals surface area contributed by atoms with E-state index in [1.165, 1.54) is 20.1 Å². The number of rotatable bonds is 3. The number of hydrogen-bond donors (Lipinski definition) is 0. The molecule has 0 saturated heterocycles. The van der Waals surface area contributed by atoms with Crippen LogP contribution >= 0.6 is 0 Å². The molecule has 7 heteroatoms. The van der Waals surface area contributed by atoms with Gasteiger partial charge in [0.15, 0.2) is 0 Å². The van der Waals surface area contributed by atoms with Crippen molar-refractivity contribution in [2.75, 3.05) is 7.11 Å². The number of hydrogen-bond acceptors (Lipinski definition) is 5. The van der Waals surface area contributed by atoms with Crippen LogP contribution in [0.2, 0.25) is 0 Å². The minimum atomic E-state index is -0.647. The fourth-order valence-corrected chi connectivity index (χ4v) is 2.05. The Morgan fingerprint density at radius 1 is 1.16 bits per heavy atom. The van der Waals surface area contributed by atoms with Gasteiger partial charge in [0.05, 0.1) is 22.5 Å². The number of nitrogens with zero attached hydrogens (tertiary/aromatic N) is 2. The maximum atomic E-state index is 11.2. The zero-order chi connectivity index (χ0) is 15.0. The van der Waals surface area contributed by atoms with Crippen LogP contribution in [0, 0.1) is 27.2 Å². The predicted octanol–water partition coefficient (Wildman–Crippen LogP) is 3.12. The van der Waals surface area contributed by atoms with Crippen molar-refractivity contribution in [3.8, 4) is 5.75 Å². The van der Waals surface area contributed by atoms with E-state index in [0.29, 0.717) is 0 Å². The van der Waals surface area contributed by atoms with Crippen LogP contribution < -0.4 is 4.74 Å². The number of nitro benzene ring substituents is 2. The average Bonchev–Trinajstić information content (AvgIpc) is 2.24. The minimum Gasteiger partial charge on any atom is -0.490 e. The van der Waals surface area contributed by atoms with Gasteiger partial charge in [0.1, 0.15) is 0 Å². The van der Waals surface area contributed by atoms with Crippen molar-refractivity contribution in [2.45, 2.75) is 33.1 Å². The molecule has 0 unspecified atom stereocenters. The highest BCUT2D eigenvalue weighted by Crippen LogP contribution is 2.45. The maximum Gasteiger partial charge on any atom is 0.314 e. The Kier molecular flexibility index (Phi) is 3.78. The van der Waals surface area contributed by atoms with E-state index in [1.807, 2.05) is 0 Å². The summed E-state index contributed by atoms with van der Waals surface area (Å²) in [4.78, 5) is 21.1. The summed E-state index contributed by atoms with van der Waals surface area (Å²) in [6.45, 7) is 6.70. The smallest absolute Gasteiger partial charge is 0.314 e. The molecule has 0 aliphatic heterocycles. The first-order valence-electron chi connectivity index (χ1n) is 5.62. The summed E-state index contributed by atoms with van der Waals surface area (Å²) in [6, 6.07) is 1.22. The number of benzene rings is 1. The zero-order valence-electron chi connectivity index (χ0n) is 11.5. The van der Waals surface area contributed by atoms with Gasteiger partial charge >= 0.3 is 5.69 Å². The summed E-state index contributed by atoms with van der Waals surface area (Å²) in [5, 5.41) is 22.3. The highest BCUT2D eigenvalue weighted by atomic mass is 16.6. The van der Waals surface area contributed by atoms with Gasteiger partial charge < -0.3 is 4.74 Å². The van der Waals surface area contributed by atoms with Crippen LogP contribution in [0.3, 0.4) is 0 Å². The van der Waals surface area contributed by atoms with Gasteiger partial charge in [0.25, 0.3) is 5.69 Å². The van der Waals surface area contributed by atoms with Crippen LogP contribution in [0.25, 0.3) is 0 Å². The summed E-state index contributed by atoms with van der Waals surface area (Å²) < 4.78 is 5.09. The molecule has 0 bridgehead atoms. The second kappa shape index (κ2) is 4.83. The molecule has 0 atom stereocenters. The van der Waals surface area contributed by atoms with Gasteiger partial charge in [-0.05, 0) is 12.3 Å². The van der Waals surface area contributed by atoms with Crippen molar-refractivity contribution in [3.05, 3.63) is 37.4 Å². The Balaban J connectivity index is 3.88. The molecule has 0 spiro atoms. The summed E-state index contributed by atoms with van der Waals surface area (Å²) >= 11 is 0. The molecule has 0 amide bonds. The van der Waals surface area contributed by atoms with Crippen molar-refractivity contribution in [1.82, 2.24) is 0 Å². The molecule has 0 aromatic heterocycles. The predicted molar refractivity (Wildman–Crippen MR) is 69.7 cm³/mol. The second-order valence-corrected chi connectivity index (χ2v) is 5.23. The van der Waals surface area contributed by atoms with E-state index >= 15 is 0 Å². The van der Waals surface area contributed by atoms with Gasteiger partial charge in [0, 0.05) is 11.6 Å².